The highest BCUT2D eigenvalue weighted by Gasteiger charge is 2.10. The van der Waals surface area contributed by atoms with Gasteiger partial charge in [-0.3, -0.25) is 4.79 Å². The minimum atomic E-state index is -0.114. The molecular formula is C16H12O3. The highest BCUT2D eigenvalue weighted by atomic mass is 16.3. The van der Waals surface area contributed by atoms with Gasteiger partial charge >= 0.3 is 0 Å². The molecule has 2 aromatic carbocycles. The maximum atomic E-state index is 12.0. The van der Waals surface area contributed by atoms with E-state index in [0.29, 0.717) is 22.3 Å². The molecule has 0 bridgehead atoms. The van der Waals surface area contributed by atoms with Crippen molar-refractivity contribution in [3.63, 3.8) is 0 Å². The number of aryl methyl sites for hydroxylation is 1. The molecule has 1 aromatic heterocycles. The fourth-order valence-corrected chi connectivity index (χ4v) is 2.09. The molecule has 3 rings (SSSR count). The standard InChI is InChI=1S/C16H12O3/c1-10-6-7-12(13(17)8-10)16-9-14(18)11-4-2-3-5-15(11)19-16/h2-9,17H,1H3. The largest absolute Gasteiger partial charge is 0.507 e. The van der Waals surface area contributed by atoms with Crippen molar-refractivity contribution in [3.05, 3.63) is 64.3 Å². The molecule has 0 spiro atoms. The Hall–Kier alpha value is -2.55. The summed E-state index contributed by atoms with van der Waals surface area (Å²) in [6.07, 6.45) is 0. The second-order valence-corrected chi connectivity index (χ2v) is 4.49. The van der Waals surface area contributed by atoms with Crippen LogP contribution >= 0.6 is 0 Å². The van der Waals surface area contributed by atoms with Gasteiger partial charge in [0.1, 0.15) is 17.1 Å². The van der Waals surface area contributed by atoms with Gasteiger partial charge in [-0.1, -0.05) is 18.2 Å². The van der Waals surface area contributed by atoms with Gasteiger partial charge in [-0.05, 0) is 36.8 Å². The highest BCUT2D eigenvalue weighted by molar-refractivity contribution is 5.79. The summed E-state index contributed by atoms with van der Waals surface area (Å²) in [5, 5.41) is 10.5. The van der Waals surface area contributed by atoms with Crippen LogP contribution in [0.1, 0.15) is 5.56 Å². The Morgan fingerprint density at radius 1 is 1.05 bits per heavy atom. The van der Waals surface area contributed by atoms with E-state index >= 15 is 0 Å². The third-order valence-electron chi connectivity index (χ3n) is 3.05. The van der Waals surface area contributed by atoms with Gasteiger partial charge < -0.3 is 9.52 Å². The zero-order valence-corrected chi connectivity index (χ0v) is 10.4. The summed E-state index contributed by atoms with van der Waals surface area (Å²) in [5.41, 5.74) is 1.87. The summed E-state index contributed by atoms with van der Waals surface area (Å²) < 4.78 is 5.69. The first-order valence-corrected chi connectivity index (χ1v) is 5.98. The molecule has 0 aliphatic carbocycles. The molecule has 0 saturated carbocycles. The maximum absolute atomic E-state index is 12.0. The molecule has 0 aliphatic rings. The SMILES string of the molecule is Cc1ccc(-c2cc(=O)c3ccccc3o2)c(O)c1. The van der Waals surface area contributed by atoms with Crippen LogP contribution in [-0.2, 0) is 0 Å². The fourth-order valence-electron chi connectivity index (χ4n) is 2.09. The van der Waals surface area contributed by atoms with E-state index in [1.165, 1.54) is 6.07 Å². The van der Waals surface area contributed by atoms with E-state index in [0.717, 1.165) is 5.56 Å². The summed E-state index contributed by atoms with van der Waals surface area (Å²) in [6.45, 7) is 1.89. The number of hydrogen-bond donors (Lipinski definition) is 1. The first kappa shape index (κ1) is 11.5. The van der Waals surface area contributed by atoms with Gasteiger partial charge in [-0.15, -0.1) is 0 Å². The molecule has 0 aliphatic heterocycles. The Morgan fingerprint density at radius 2 is 1.84 bits per heavy atom. The van der Waals surface area contributed by atoms with Crippen LogP contribution in [0.5, 0.6) is 5.75 Å². The van der Waals surface area contributed by atoms with Crippen molar-refractivity contribution in [3.8, 4) is 17.1 Å². The monoisotopic (exact) mass is 252 g/mol. The van der Waals surface area contributed by atoms with E-state index in [-0.39, 0.29) is 11.2 Å². The van der Waals surface area contributed by atoms with Crippen LogP contribution in [0.3, 0.4) is 0 Å². The van der Waals surface area contributed by atoms with Crippen molar-refractivity contribution in [2.24, 2.45) is 0 Å². The fraction of sp³-hybridized carbons (Fsp3) is 0.0625. The molecule has 19 heavy (non-hydrogen) atoms. The van der Waals surface area contributed by atoms with E-state index in [2.05, 4.69) is 0 Å². The van der Waals surface area contributed by atoms with Gasteiger partial charge in [0.25, 0.3) is 0 Å². The Morgan fingerprint density at radius 3 is 2.63 bits per heavy atom. The van der Waals surface area contributed by atoms with Crippen molar-refractivity contribution < 1.29 is 9.52 Å². The number of benzene rings is 2. The van der Waals surface area contributed by atoms with Crippen molar-refractivity contribution in [2.75, 3.05) is 0 Å². The van der Waals surface area contributed by atoms with Crippen LogP contribution in [0.15, 0.2) is 57.7 Å². The van der Waals surface area contributed by atoms with Crippen LogP contribution in [0.4, 0.5) is 0 Å². The zero-order valence-electron chi connectivity index (χ0n) is 10.4. The molecule has 0 fully saturated rings. The van der Waals surface area contributed by atoms with Crippen LogP contribution in [0.2, 0.25) is 0 Å². The number of para-hydroxylation sites is 1. The predicted octanol–water partition coefficient (Wildman–Crippen LogP) is 3.47. The highest BCUT2D eigenvalue weighted by Crippen LogP contribution is 2.30. The molecule has 0 atom stereocenters. The van der Waals surface area contributed by atoms with Crippen molar-refractivity contribution in [1.82, 2.24) is 0 Å². The quantitative estimate of drug-likeness (QED) is 0.721. The van der Waals surface area contributed by atoms with Crippen LogP contribution in [0, 0.1) is 6.92 Å². The average Bonchev–Trinajstić information content (AvgIpc) is 2.38. The van der Waals surface area contributed by atoms with E-state index < -0.39 is 0 Å². The predicted molar refractivity (Wildman–Crippen MR) is 74.3 cm³/mol. The first-order valence-electron chi connectivity index (χ1n) is 5.98. The smallest absolute Gasteiger partial charge is 0.193 e. The normalized spacial score (nSPS) is 10.8. The first-order chi connectivity index (χ1) is 9.15. The topological polar surface area (TPSA) is 50.4 Å². The van der Waals surface area contributed by atoms with Gasteiger partial charge in [-0.2, -0.15) is 0 Å². The lowest BCUT2D eigenvalue weighted by atomic mass is 10.1. The zero-order chi connectivity index (χ0) is 13.4. The number of fused-ring (bicyclic) bond motifs is 1. The Bertz CT molecular complexity index is 816. The number of rotatable bonds is 1. The molecule has 0 amide bonds. The molecule has 3 heteroatoms. The maximum Gasteiger partial charge on any atom is 0.193 e. The molecule has 1 heterocycles. The second kappa shape index (κ2) is 4.28. The summed E-state index contributed by atoms with van der Waals surface area (Å²) in [4.78, 5) is 12.0. The second-order valence-electron chi connectivity index (χ2n) is 4.49. The molecule has 1 N–H and O–H groups in total. The van der Waals surface area contributed by atoms with E-state index in [1.54, 1.807) is 30.3 Å². The Balaban J connectivity index is 2.28. The molecule has 0 saturated heterocycles. The van der Waals surface area contributed by atoms with E-state index in [1.807, 2.05) is 19.1 Å². The van der Waals surface area contributed by atoms with E-state index in [9.17, 15) is 9.90 Å². The van der Waals surface area contributed by atoms with Gasteiger partial charge in [-0.25, -0.2) is 0 Å². The minimum Gasteiger partial charge on any atom is -0.507 e. The molecule has 94 valence electrons. The molecular weight excluding hydrogens is 240 g/mol. The molecule has 0 unspecified atom stereocenters. The lowest BCUT2D eigenvalue weighted by molar-refractivity contribution is 0.474. The number of phenolic OH excluding ortho intramolecular Hbond substituents is 1. The molecule has 0 radical (unpaired) electrons. The third-order valence-corrected chi connectivity index (χ3v) is 3.05. The van der Waals surface area contributed by atoms with Gasteiger partial charge in [0.15, 0.2) is 5.43 Å². The van der Waals surface area contributed by atoms with Crippen molar-refractivity contribution in [1.29, 1.82) is 0 Å². The molecule has 3 nitrogen and oxygen atoms in total. The lowest BCUT2D eigenvalue weighted by Gasteiger charge is -2.06. The van der Waals surface area contributed by atoms with Crippen LogP contribution in [0.25, 0.3) is 22.3 Å². The van der Waals surface area contributed by atoms with Gasteiger partial charge in [0.2, 0.25) is 0 Å². The Kier molecular flexibility index (Phi) is 2.60. The van der Waals surface area contributed by atoms with E-state index in [4.69, 9.17) is 4.42 Å². The lowest BCUT2D eigenvalue weighted by Crippen LogP contribution is -1.99. The average molecular weight is 252 g/mol. The van der Waals surface area contributed by atoms with Crippen molar-refractivity contribution in [2.45, 2.75) is 6.92 Å². The summed E-state index contributed by atoms with van der Waals surface area (Å²) in [6, 6.07) is 13.7. The van der Waals surface area contributed by atoms with Gasteiger partial charge in [0, 0.05) is 6.07 Å². The minimum absolute atomic E-state index is 0.110. The summed E-state index contributed by atoms with van der Waals surface area (Å²) in [5.74, 6) is 0.486. The van der Waals surface area contributed by atoms with Crippen LogP contribution in [-0.4, -0.2) is 5.11 Å². The molecule has 3 aromatic rings. The number of phenols is 1. The summed E-state index contributed by atoms with van der Waals surface area (Å²) in [7, 11) is 0. The van der Waals surface area contributed by atoms with Crippen LogP contribution < -0.4 is 5.43 Å². The summed E-state index contributed by atoms with van der Waals surface area (Å²) >= 11 is 0. The Labute approximate surface area is 109 Å². The van der Waals surface area contributed by atoms with Crippen molar-refractivity contribution >= 4 is 11.0 Å². The number of aromatic hydroxyl groups is 1. The number of hydrogen-bond acceptors (Lipinski definition) is 3. The van der Waals surface area contributed by atoms with Gasteiger partial charge in [0.05, 0.1) is 10.9 Å². The third kappa shape index (κ3) is 1.99.